The average Bonchev–Trinajstić information content (AvgIpc) is 3.55. The van der Waals surface area contributed by atoms with Gasteiger partial charge in [-0.15, -0.1) is 0 Å². The summed E-state index contributed by atoms with van der Waals surface area (Å²) in [6.07, 6.45) is 0. The number of benzene rings is 9. The van der Waals surface area contributed by atoms with E-state index < -0.39 is 5.41 Å². The Bertz CT molecular complexity index is 2810. The summed E-state index contributed by atoms with van der Waals surface area (Å²) in [5, 5.41) is 2.24. The average molecular weight is 717 g/mol. The van der Waals surface area contributed by atoms with Gasteiger partial charge in [0.1, 0.15) is 5.75 Å². The molecular formula is C53H36N2O. The largest absolute Gasteiger partial charge is 0.454 e. The number of fused-ring (bicyclic) bond motifs is 11. The molecule has 1 heterocycles. The standard InChI is InChI=1S/C53H36N2O/c1-5-19-38(20-6-1)54(39-21-7-2-8-22-39)42-33-35-47-45(36-42)44-28-15-16-29-46(44)53(47)48-30-17-31-50(55(40-23-9-3-10-24-40)41-25-11-4-12-26-41)52(48)56-51-43-27-14-13-18-37(43)32-34-49(51)53/h1-36H. The molecule has 0 fully saturated rings. The number of nitrogens with zero attached hydrogens (tertiary/aromatic N) is 2. The van der Waals surface area contributed by atoms with Crippen LogP contribution in [0.3, 0.4) is 0 Å². The summed E-state index contributed by atoms with van der Waals surface area (Å²) in [5.74, 6) is 1.75. The Morgan fingerprint density at radius 1 is 0.321 bits per heavy atom. The van der Waals surface area contributed by atoms with Crippen molar-refractivity contribution in [3.63, 3.8) is 0 Å². The van der Waals surface area contributed by atoms with Gasteiger partial charge in [0.15, 0.2) is 5.75 Å². The highest BCUT2D eigenvalue weighted by Crippen LogP contribution is 2.65. The molecule has 0 bridgehead atoms. The molecule has 1 spiro atoms. The summed E-state index contributed by atoms with van der Waals surface area (Å²) in [4.78, 5) is 4.67. The Morgan fingerprint density at radius 3 is 1.48 bits per heavy atom. The molecule has 0 N–H and O–H groups in total. The van der Waals surface area contributed by atoms with Crippen molar-refractivity contribution < 1.29 is 4.74 Å². The number of rotatable bonds is 6. The van der Waals surface area contributed by atoms with Gasteiger partial charge >= 0.3 is 0 Å². The van der Waals surface area contributed by atoms with Crippen LogP contribution in [0.5, 0.6) is 11.5 Å². The smallest absolute Gasteiger partial charge is 0.156 e. The second-order valence-electron chi connectivity index (χ2n) is 14.5. The second kappa shape index (κ2) is 12.9. The molecule has 9 aromatic rings. The lowest BCUT2D eigenvalue weighted by Crippen LogP contribution is -2.33. The third-order valence-corrected chi connectivity index (χ3v) is 11.5. The first-order valence-corrected chi connectivity index (χ1v) is 19.2. The molecule has 1 atom stereocenters. The molecule has 1 aliphatic carbocycles. The Hall–Kier alpha value is -7.36. The van der Waals surface area contributed by atoms with Crippen molar-refractivity contribution in [2.45, 2.75) is 5.41 Å². The van der Waals surface area contributed by atoms with Crippen molar-refractivity contribution in [3.05, 3.63) is 241 Å². The summed E-state index contributed by atoms with van der Waals surface area (Å²) in [6.45, 7) is 0. The summed E-state index contributed by atoms with van der Waals surface area (Å²) >= 11 is 0. The monoisotopic (exact) mass is 716 g/mol. The highest BCUT2D eigenvalue weighted by molar-refractivity contribution is 5.98. The molecule has 0 saturated carbocycles. The fraction of sp³-hybridized carbons (Fsp3) is 0.0189. The zero-order valence-electron chi connectivity index (χ0n) is 30.6. The van der Waals surface area contributed by atoms with Gasteiger partial charge in [0, 0.05) is 45.0 Å². The minimum atomic E-state index is -0.656. The molecule has 11 rings (SSSR count). The molecule has 264 valence electrons. The second-order valence-corrected chi connectivity index (χ2v) is 14.5. The van der Waals surface area contributed by atoms with Gasteiger partial charge < -0.3 is 14.5 Å². The van der Waals surface area contributed by atoms with E-state index in [9.17, 15) is 0 Å². The van der Waals surface area contributed by atoms with Gasteiger partial charge in [-0.1, -0.05) is 152 Å². The zero-order valence-corrected chi connectivity index (χ0v) is 30.6. The van der Waals surface area contributed by atoms with Crippen LogP contribution in [0.15, 0.2) is 218 Å². The maximum Gasteiger partial charge on any atom is 0.156 e. The van der Waals surface area contributed by atoms with Crippen LogP contribution >= 0.6 is 0 Å². The SMILES string of the molecule is c1ccc(N(c2ccccc2)c2ccc3c(c2)-c2ccccc2C32c3cccc(N(c4ccccc4)c4ccccc4)c3Oc3c2ccc2ccccc32)cc1. The summed E-state index contributed by atoms with van der Waals surface area (Å²) in [7, 11) is 0. The molecule has 3 heteroatoms. The molecular weight excluding hydrogens is 681 g/mol. The number of anilines is 6. The fourth-order valence-electron chi connectivity index (χ4n) is 9.17. The van der Waals surface area contributed by atoms with Gasteiger partial charge in [0.05, 0.1) is 11.1 Å². The first-order valence-electron chi connectivity index (χ1n) is 19.2. The van der Waals surface area contributed by atoms with Crippen LogP contribution in [0.2, 0.25) is 0 Å². The van der Waals surface area contributed by atoms with Crippen LogP contribution in [0.4, 0.5) is 34.1 Å². The van der Waals surface area contributed by atoms with Gasteiger partial charge in [0.25, 0.3) is 0 Å². The van der Waals surface area contributed by atoms with E-state index in [2.05, 4.69) is 228 Å². The first kappa shape index (κ1) is 32.1. The van der Waals surface area contributed by atoms with Crippen molar-refractivity contribution in [2.75, 3.05) is 9.80 Å². The van der Waals surface area contributed by atoms with Gasteiger partial charge in [-0.05, 0) is 94.4 Å². The highest BCUT2D eigenvalue weighted by Gasteiger charge is 2.52. The third kappa shape index (κ3) is 4.77. The molecule has 1 aliphatic heterocycles. The van der Waals surface area contributed by atoms with Crippen molar-refractivity contribution >= 4 is 44.9 Å². The molecule has 56 heavy (non-hydrogen) atoms. The van der Waals surface area contributed by atoms with E-state index >= 15 is 0 Å². The summed E-state index contributed by atoms with van der Waals surface area (Å²) in [5.41, 5.74) is 13.0. The molecule has 9 aromatic carbocycles. The number of ether oxygens (including phenoxy) is 1. The van der Waals surface area contributed by atoms with Crippen LogP contribution in [-0.4, -0.2) is 0 Å². The number of hydrogen-bond donors (Lipinski definition) is 0. The maximum absolute atomic E-state index is 7.39. The van der Waals surface area contributed by atoms with Crippen LogP contribution in [0, 0.1) is 0 Å². The van der Waals surface area contributed by atoms with E-state index in [0.29, 0.717) is 0 Å². The van der Waals surface area contributed by atoms with Crippen molar-refractivity contribution in [1.29, 1.82) is 0 Å². The molecule has 2 aliphatic rings. The Balaban J connectivity index is 1.22. The predicted molar refractivity (Wildman–Crippen MR) is 231 cm³/mol. The van der Waals surface area contributed by atoms with Gasteiger partial charge in [-0.3, -0.25) is 0 Å². The Morgan fingerprint density at radius 2 is 0.821 bits per heavy atom. The molecule has 3 nitrogen and oxygen atoms in total. The maximum atomic E-state index is 7.39. The number of hydrogen-bond acceptors (Lipinski definition) is 3. The van der Waals surface area contributed by atoms with Crippen LogP contribution in [-0.2, 0) is 5.41 Å². The normalized spacial score (nSPS) is 14.6. The fourth-order valence-corrected chi connectivity index (χ4v) is 9.17. The van der Waals surface area contributed by atoms with E-state index in [-0.39, 0.29) is 0 Å². The lowest BCUT2D eigenvalue weighted by atomic mass is 9.65. The minimum Gasteiger partial charge on any atom is -0.454 e. The van der Waals surface area contributed by atoms with Crippen molar-refractivity contribution in [2.24, 2.45) is 0 Å². The van der Waals surface area contributed by atoms with E-state index in [1.807, 2.05) is 0 Å². The van der Waals surface area contributed by atoms with E-state index in [4.69, 9.17) is 4.74 Å². The van der Waals surface area contributed by atoms with E-state index in [1.165, 1.54) is 22.3 Å². The summed E-state index contributed by atoms with van der Waals surface area (Å²) < 4.78 is 7.39. The molecule has 0 aromatic heterocycles. The molecule has 0 saturated heterocycles. The van der Waals surface area contributed by atoms with Crippen molar-refractivity contribution in [1.82, 2.24) is 0 Å². The zero-order chi connectivity index (χ0) is 37.1. The molecule has 1 unspecified atom stereocenters. The minimum absolute atomic E-state index is 0.656. The predicted octanol–water partition coefficient (Wildman–Crippen LogP) is 14.2. The van der Waals surface area contributed by atoms with Crippen LogP contribution in [0.25, 0.3) is 21.9 Å². The van der Waals surface area contributed by atoms with Gasteiger partial charge in [0.2, 0.25) is 0 Å². The lowest BCUT2D eigenvalue weighted by molar-refractivity contribution is 0.443. The van der Waals surface area contributed by atoms with Crippen molar-refractivity contribution in [3.8, 4) is 22.6 Å². The van der Waals surface area contributed by atoms with Crippen LogP contribution in [0.1, 0.15) is 22.3 Å². The van der Waals surface area contributed by atoms with Gasteiger partial charge in [-0.25, -0.2) is 0 Å². The molecule has 0 amide bonds. The van der Waals surface area contributed by atoms with Crippen LogP contribution < -0.4 is 14.5 Å². The highest BCUT2D eigenvalue weighted by atomic mass is 16.5. The van der Waals surface area contributed by atoms with E-state index in [0.717, 1.165) is 67.5 Å². The Labute approximate surface area is 326 Å². The van der Waals surface area contributed by atoms with E-state index in [1.54, 1.807) is 0 Å². The quantitative estimate of drug-likeness (QED) is 0.170. The third-order valence-electron chi connectivity index (χ3n) is 11.5. The summed E-state index contributed by atoms with van der Waals surface area (Å²) in [6, 6.07) is 78.4. The molecule has 0 radical (unpaired) electrons. The lowest BCUT2D eigenvalue weighted by Gasteiger charge is -2.41. The number of para-hydroxylation sites is 5. The first-order chi connectivity index (χ1) is 27.8. The van der Waals surface area contributed by atoms with Gasteiger partial charge in [-0.2, -0.15) is 0 Å². The Kier molecular flexibility index (Phi) is 7.39. The topological polar surface area (TPSA) is 15.7 Å².